The number of anilines is 1. The number of hydrogen-bond donors (Lipinski definition) is 0. The van der Waals surface area contributed by atoms with Crippen molar-refractivity contribution >= 4 is 11.6 Å². The number of fused-ring (bicyclic) bond motifs is 1. The SMILES string of the molecule is CO[C@H]1C[C@](c2cccc(N3Cc4c(cc(CN5CCC5)cc4C(F)(F)F)C3=O)c2)(c2nncn2C)C1. The number of carbonyl (C=O) groups is 1. The van der Waals surface area contributed by atoms with Crippen LogP contribution in [-0.4, -0.2) is 51.9 Å². The first kappa shape index (κ1) is 24.1. The van der Waals surface area contributed by atoms with Gasteiger partial charge >= 0.3 is 6.18 Å². The third-order valence-corrected chi connectivity index (χ3v) is 8.10. The number of amides is 1. The van der Waals surface area contributed by atoms with E-state index in [2.05, 4.69) is 15.1 Å². The lowest BCUT2D eigenvalue weighted by Crippen LogP contribution is -2.48. The maximum Gasteiger partial charge on any atom is 0.416 e. The van der Waals surface area contributed by atoms with Crippen LogP contribution in [0.4, 0.5) is 18.9 Å². The van der Waals surface area contributed by atoms with Crippen LogP contribution in [0.3, 0.4) is 0 Å². The molecule has 0 atom stereocenters. The van der Waals surface area contributed by atoms with Crippen molar-refractivity contribution in [1.29, 1.82) is 0 Å². The molecule has 0 radical (unpaired) electrons. The Labute approximate surface area is 212 Å². The Kier molecular flexibility index (Phi) is 5.65. The number of ether oxygens (including phenoxy) is 1. The summed E-state index contributed by atoms with van der Waals surface area (Å²) in [6.45, 7) is 2.03. The smallest absolute Gasteiger partial charge is 0.381 e. The molecule has 2 fully saturated rings. The van der Waals surface area contributed by atoms with E-state index in [0.29, 0.717) is 30.6 Å². The van der Waals surface area contributed by atoms with E-state index in [0.717, 1.165) is 30.9 Å². The van der Waals surface area contributed by atoms with E-state index in [1.807, 2.05) is 29.8 Å². The molecule has 7 nitrogen and oxygen atoms in total. The van der Waals surface area contributed by atoms with E-state index in [-0.39, 0.29) is 23.8 Å². The van der Waals surface area contributed by atoms with Crippen LogP contribution in [-0.2, 0) is 36.5 Å². The highest BCUT2D eigenvalue weighted by Gasteiger charge is 2.50. The molecule has 6 rings (SSSR count). The Morgan fingerprint density at radius 2 is 1.95 bits per heavy atom. The summed E-state index contributed by atoms with van der Waals surface area (Å²) in [5, 5.41) is 8.42. The molecule has 1 aromatic heterocycles. The fraction of sp³-hybridized carbons (Fsp3) is 0.444. The number of methoxy groups -OCH3 is 1. The fourth-order valence-electron chi connectivity index (χ4n) is 5.94. The normalized spacial score (nSPS) is 23.6. The zero-order valence-electron chi connectivity index (χ0n) is 20.8. The number of rotatable bonds is 6. The second-order valence-corrected chi connectivity index (χ2v) is 10.4. The number of alkyl halides is 3. The molecule has 3 aliphatic rings. The van der Waals surface area contributed by atoms with Crippen molar-refractivity contribution in [2.24, 2.45) is 7.05 Å². The molecule has 1 saturated heterocycles. The summed E-state index contributed by atoms with van der Waals surface area (Å²) in [7, 11) is 3.56. The molecule has 3 aromatic rings. The molecule has 0 bridgehead atoms. The van der Waals surface area contributed by atoms with E-state index < -0.39 is 23.1 Å². The molecule has 0 unspecified atom stereocenters. The number of nitrogens with zero attached hydrogens (tertiary/aromatic N) is 5. The quantitative estimate of drug-likeness (QED) is 0.494. The average Bonchev–Trinajstić information content (AvgIpc) is 3.39. The molecule has 10 heteroatoms. The van der Waals surface area contributed by atoms with Crippen molar-refractivity contribution in [2.75, 3.05) is 25.1 Å². The lowest BCUT2D eigenvalue weighted by molar-refractivity contribution is -0.138. The van der Waals surface area contributed by atoms with Crippen LogP contribution in [0.2, 0.25) is 0 Å². The number of aryl methyl sites for hydroxylation is 1. The second kappa shape index (κ2) is 8.66. The summed E-state index contributed by atoms with van der Waals surface area (Å²) in [6.07, 6.45) is -0.377. The molecule has 1 aliphatic carbocycles. The summed E-state index contributed by atoms with van der Waals surface area (Å²) >= 11 is 0. The highest BCUT2D eigenvalue weighted by atomic mass is 19.4. The first-order chi connectivity index (χ1) is 17.7. The predicted molar refractivity (Wildman–Crippen MR) is 130 cm³/mol. The zero-order valence-corrected chi connectivity index (χ0v) is 20.8. The Bertz CT molecular complexity index is 1360. The predicted octanol–water partition coefficient (Wildman–Crippen LogP) is 4.29. The summed E-state index contributed by atoms with van der Waals surface area (Å²) in [6, 6.07) is 10.4. The van der Waals surface area contributed by atoms with Crippen LogP contribution in [0, 0.1) is 0 Å². The molecule has 1 amide bonds. The number of hydrogen-bond acceptors (Lipinski definition) is 5. The van der Waals surface area contributed by atoms with E-state index in [1.165, 1.54) is 11.0 Å². The van der Waals surface area contributed by atoms with Gasteiger partial charge in [0.2, 0.25) is 0 Å². The van der Waals surface area contributed by atoms with Gasteiger partial charge in [0.25, 0.3) is 5.91 Å². The average molecular weight is 512 g/mol. The molecular weight excluding hydrogens is 483 g/mol. The minimum Gasteiger partial charge on any atom is -0.381 e. The number of halogens is 3. The number of benzene rings is 2. The van der Waals surface area contributed by atoms with Gasteiger partial charge in [0, 0.05) is 32.0 Å². The first-order valence-corrected chi connectivity index (χ1v) is 12.4. The topological polar surface area (TPSA) is 63.5 Å². The molecule has 0 spiro atoms. The monoisotopic (exact) mass is 511 g/mol. The lowest BCUT2D eigenvalue weighted by atomic mass is 9.62. The van der Waals surface area contributed by atoms with Crippen LogP contribution in [0.5, 0.6) is 0 Å². The number of likely N-dealkylation sites (tertiary alicyclic amines) is 1. The highest BCUT2D eigenvalue weighted by Crippen LogP contribution is 2.50. The zero-order chi connectivity index (χ0) is 25.9. The van der Waals surface area contributed by atoms with E-state index in [9.17, 15) is 18.0 Å². The van der Waals surface area contributed by atoms with Crippen molar-refractivity contribution in [2.45, 2.75) is 50.0 Å². The minimum atomic E-state index is -4.54. The Morgan fingerprint density at radius 3 is 2.57 bits per heavy atom. The highest BCUT2D eigenvalue weighted by molar-refractivity contribution is 6.10. The van der Waals surface area contributed by atoms with E-state index in [1.54, 1.807) is 25.6 Å². The van der Waals surface area contributed by atoms with E-state index in [4.69, 9.17) is 4.74 Å². The standard InChI is InChI=1S/C27H28F3N5O2/c1-33-16-31-32-25(33)26(12-20(13-26)37-2)18-5-3-6-19(11-18)35-15-22-21(24(35)36)9-17(14-34-7-4-8-34)10-23(22)27(28,29)30/h3,5-6,9-11,16,20H,4,7-8,12-15H2,1-2H3/t20-,26-. The van der Waals surface area contributed by atoms with Gasteiger partial charge in [-0.05, 0) is 73.3 Å². The van der Waals surface area contributed by atoms with Gasteiger partial charge in [-0.2, -0.15) is 13.2 Å². The fourth-order valence-corrected chi connectivity index (χ4v) is 5.94. The number of aromatic nitrogens is 3. The molecule has 3 heterocycles. The van der Waals surface area contributed by atoms with Gasteiger partial charge in [0.05, 0.1) is 23.6 Å². The van der Waals surface area contributed by atoms with Gasteiger partial charge in [-0.25, -0.2) is 0 Å². The Hall–Kier alpha value is -3.24. The molecule has 1 saturated carbocycles. The van der Waals surface area contributed by atoms with Crippen molar-refractivity contribution in [3.05, 3.63) is 76.4 Å². The molecule has 2 aromatic carbocycles. The molecule has 37 heavy (non-hydrogen) atoms. The van der Waals surface area contributed by atoms with Crippen molar-refractivity contribution in [1.82, 2.24) is 19.7 Å². The lowest BCUT2D eigenvalue weighted by Gasteiger charge is -2.46. The Balaban J connectivity index is 1.37. The van der Waals surface area contributed by atoms with Crippen molar-refractivity contribution < 1.29 is 22.7 Å². The third-order valence-electron chi connectivity index (χ3n) is 8.10. The van der Waals surface area contributed by atoms with Gasteiger partial charge in [-0.3, -0.25) is 9.69 Å². The summed E-state index contributed by atoms with van der Waals surface area (Å²) in [5.74, 6) is 0.392. The van der Waals surface area contributed by atoms with Gasteiger partial charge < -0.3 is 14.2 Å². The van der Waals surface area contributed by atoms with Crippen LogP contribution >= 0.6 is 0 Å². The van der Waals surface area contributed by atoms with Gasteiger partial charge in [0.15, 0.2) is 0 Å². The van der Waals surface area contributed by atoms with E-state index >= 15 is 0 Å². The van der Waals surface area contributed by atoms with Gasteiger partial charge in [-0.1, -0.05) is 12.1 Å². The van der Waals surface area contributed by atoms with Crippen LogP contribution in [0.25, 0.3) is 0 Å². The van der Waals surface area contributed by atoms with Crippen LogP contribution < -0.4 is 4.90 Å². The van der Waals surface area contributed by atoms with Gasteiger partial charge in [-0.15, -0.1) is 10.2 Å². The summed E-state index contributed by atoms with van der Waals surface area (Å²) in [5.41, 5.74) is 1.05. The minimum absolute atomic E-state index is 0.0429. The van der Waals surface area contributed by atoms with Crippen molar-refractivity contribution in [3.8, 4) is 0 Å². The largest absolute Gasteiger partial charge is 0.416 e. The molecule has 2 aliphatic heterocycles. The number of carbonyl (C=O) groups excluding carboxylic acids is 1. The summed E-state index contributed by atoms with van der Waals surface area (Å²) < 4.78 is 49.7. The Morgan fingerprint density at radius 1 is 1.16 bits per heavy atom. The second-order valence-electron chi connectivity index (χ2n) is 10.4. The molecule has 194 valence electrons. The van der Waals surface area contributed by atoms with Crippen LogP contribution in [0.15, 0.2) is 42.7 Å². The molecule has 0 N–H and O–H groups in total. The summed E-state index contributed by atoms with van der Waals surface area (Å²) in [4.78, 5) is 17.1. The third kappa shape index (κ3) is 3.93. The van der Waals surface area contributed by atoms with Crippen molar-refractivity contribution in [3.63, 3.8) is 0 Å². The molecular formula is C27H28F3N5O2. The first-order valence-electron chi connectivity index (χ1n) is 12.4. The van der Waals surface area contributed by atoms with Gasteiger partial charge in [0.1, 0.15) is 12.2 Å². The maximum atomic E-state index is 14.1. The maximum absolute atomic E-state index is 14.1. The van der Waals surface area contributed by atoms with Crippen LogP contribution in [0.1, 0.15) is 57.7 Å².